The lowest BCUT2D eigenvalue weighted by atomic mass is 9.71. The molecular weight excluding hydrogens is 254 g/mol. The van der Waals surface area contributed by atoms with E-state index in [4.69, 9.17) is 0 Å². The van der Waals surface area contributed by atoms with E-state index in [1.807, 2.05) is 0 Å². The second kappa shape index (κ2) is 6.59. The molecule has 1 fully saturated rings. The molecule has 20 heavy (non-hydrogen) atoms. The lowest BCUT2D eigenvalue weighted by Gasteiger charge is -2.33. The van der Waals surface area contributed by atoms with Gasteiger partial charge in [0.05, 0.1) is 5.41 Å². The number of carboxylic acids is 1. The summed E-state index contributed by atoms with van der Waals surface area (Å²) >= 11 is 0. The summed E-state index contributed by atoms with van der Waals surface area (Å²) in [6.45, 7) is 9.14. The van der Waals surface area contributed by atoms with Gasteiger partial charge in [-0.1, -0.05) is 47.0 Å². The van der Waals surface area contributed by atoms with Crippen molar-refractivity contribution in [3.63, 3.8) is 0 Å². The lowest BCUT2D eigenvalue weighted by Crippen LogP contribution is -2.41. The number of hydrogen-bond acceptors (Lipinski definition) is 2. The Labute approximate surface area is 122 Å². The van der Waals surface area contributed by atoms with E-state index in [1.54, 1.807) is 0 Å². The fraction of sp³-hybridized carbons (Fsp3) is 0.875. The van der Waals surface area contributed by atoms with Gasteiger partial charge >= 0.3 is 5.97 Å². The van der Waals surface area contributed by atoms with Gasteiger partial charge in [0.2, 0.25) is 5.91 Å². The van der Waals surface area contributed by atoms with Crippen LogP contribution in [-0.2, 0) is 9.59 Å². The number of carboxylic acid groups (broad SMARTS) is 1. The van der Waals surface area contributed by atoms with Gasteiger partial charge in [0.25, 0.3) is 0 Å². The Kier molecular flexibility index (Phi) is 5.60. The first kappa shape index (κ1) is 17.0. The van der Waals surface area contributed by atoms with E-state index in [1.165, 1.54) is 0 Å². The van der Waals surface area contributed by atoms with Crippen molar-refractivity contribution < 1.29 is 14.7 Å². The van der Waals surface area contributed by atoms with Crippen molar-refractivity contribution in [3.8, 4) is 0 Å². The van der Waals surface area contributed by atoms with E-state index in [-0.39, 0.29) is 17.7 Å². The molecule has 2 N–H and O–H groups in total. The van der Waals surface area contributed by atoms with Crippen molar-refractivity contribution in [2.75, 3.05) is 6.54 Å². The number of hydrogen-bond donors (Lipinski definition) is 2. The minimum absolute atomic E-state index is 0.120. The fourth-order valence-electron chi connectivity index (χ4n) is 2.64. The minimum Gasteiger partial charge on any atom is -0.481 e. The molecule has 1 rings (SSSR count). The number of carbonyl (C=O) groups is 2. The average Bonchev–Trinajstić information content (AvgIpc) is 2.35. The molecule has 4 heteroatoms. The van der Waals surface area contributed by atoms with Crippen LogP contribution in [0.4, 0.5) is 0 Å². The third-order valence-electron chi connectivity index (χ3n) is 4.85. The second-order valence-corrected chi connectivity index (χ2v) is 7.39. The summed E-state index contributed by atoms with van der Waals surface area (Å²) in [6, 6.07) is 0. The van der Waals surface area contributed by atoms with Crippen molar-refractivity contribution in [2.24, 2.45) is 16.7 Å². The molecule has 0 radical (unpaired) electrons. The maximum atomic E-state index is 12.1. The molecule has 1 amide bonds. The van der Waals surface area contributed by atoms with Crippen molar-refractivity contribution in [3.05, 3.63) is 0 Å². The SMILES string of the molecule is CC(CNC(=O)CC1(C(=O)O)CCCCC1)C(C)(C)C. The van der Waals surface area contributed by atoms with E-state index >= 15 is 0 Å². The number of amides is 1. The highest BCUT2D eigenvalue weighted by Gasteiger charge is 2.41. The molecule has 0 aromatic carbocycles. The monoisotopic (exact) mass is 283 g/mol. The van der Waals surface area contributed by atoms with Crippen molar-refractivity contribution in [2.45, 2.75) is 66.2 Å². The van der Waals surface area contributed by atoms with Gasteiger partial charge in [0, 0.05) is 13.0 Å². The van der Waals surface area contributed by atoms with Gasteiger partial charge in [-0.15, -0.1) is 0 Å². The lowest BCUT2D eigenvalue weighted by molar-refractivity contribution is -0.154. The molecule has 0 aliphatic heterocycles. The molecule has 1 unspecified atom stereocenters. The van der Waals surface area contributed by atoms with Crippen molar-refractivity contribution in [1.29, 1.82) is 0 Å². The highest BCUT2D eigenvalue weighted by molar-refractivity contribution is 5.85. The molecule has 1 aliphatic carbocycles. The van der Waals surface area contributed by atoms with E-state index in [0.29, 0.717) is 25.3 Å². The zero-order valence-corrected chi connectivity index (χ0v) is 13.3. The summed E-state index contributed by atoms with van der Waals surface area (Å²) in [5, 5.41) is 12.4. The molecule has 1 saturated carbocycles. The normalized spacial score (nSPS) is 20.2. The largest absolute Gasteiger partial charge is 0.481 e. The Morgan fingerprint density at radius 2 is 1.75 bits per heavy atom. The molecular formula is C16H29NO3. The highest BCUT2D eigenvalue weighted by atomic mass is 16.4. The van der Waals surface area contributed by atoms with Crippen LogP contribution in [0.25, 0.3) is 0 Å². The standard InChI is InChI=1S/C16H29NO3/c1-12(15(2,3)4)11-17-13(18)10-16(14(19)20)8-6-5-7-9-16/h12H,5-11H2,1-4H3,(H,17,18)(H,19,20). The minimum atomic E-state index is -0.826. The summed E-state index contributed by atoms with van der Waals surface area (Å²) in [7, 11) is 0. The van der Waals surface area contributed by atoms with E-state index in [9.17, 15) is 14.7 Å². The third-order valence-corrected chi connectivity index (χ3v) is 4.85. The molecule has 0 saturated heterocycles. The zero-order valence-electron chi connectivity index (χ0n) is 13.3. The van der Waals surface area contributed by atoms with Crippen LogP contribution in [0.5, 0.6) is 0 Å². The van der Waals surface area contributed by atoms with Crippen LogP contribution in [0.1, 0.15) is 66.2 Å². The van der Waals surface area contributed by atoms with Gasteiger partial charge in [-0.3, -0.25) is 9.59 Å². The van der Waals surface area contributed by atoms with Gasteiger partial charge in [0.1, 0.15) is 0 Å². The molecule has 116 valence electrons. The van der Waals surface area contributed by atoms with E-state index < -0.39 is 11.4 Å². The van der Waals surface area contributed by atoms with Crippen LogP contribution in [-0.4, -0.2) is 23.5 Å². The van der Waals surface area contributed by atoms with Gasteiger partial charge in [-0.25, -0.2) is 0 Å². The Morgan fingerprint density at radius 3 is 2.20 bits per heavy atom. The van der Waals surface area contributed by atoms with Crippen molar-refractivity contribution >= 4 is 11.9 Å². The maximum Gasteiger partial charge on any atom is 0.310 e. The molecule has 0 spiro atoms. The number of nitrogens with one attached hydrogen (secondary N) is 1. The first-order valence-corrected chi connectivity index (χ1v) is 7.67. The maximum absolute atomic E-state index is 12.1. The number of carbonyl (C=O) groups excluding carboxylic acids is 1. The summed E-state index contributed by atoms with van der Waals surface area (Å²) in [5.74, 6) is -0.569. The number of aliphatic carboxylic acids is 1. The Morgan fingerprint density at radius 1 is 1.20 bits per heavy atom. The van der Waals surface area contributed by atoms with Gasteiger partial charge in [-0.2, -0.15) is 0 Å². The Bertz CT molecular complexity index is 351. The van der Waals surface area contributed by atoms with Crippen LogP contribution in [0.3, 0.4) is 0 Å². The summed E-state index contributed by atoms with van der Waals surface area (Å²) in [4.78, 5) is 23.6. The average molecular weight is 283 g/mol. The smallest absolute Gasteiger partial charge is 0.310 e. The van der Waals surface area contributed by atoms with Crippen LogP contribution in [0, 0.1) is 16.7 Å². The molecule has 0 heterocycles. The van der Waals surface area contributed by atoms with Gasteiger partial charge < -0.3 is 10.4 Å². The predicted molar refractivity (Wildman–Crippen MR) is 79.4 cm³/mol. The highest BCUT2D eigenvalue weighted by Crippen LogP contribution is 2.39. The van der Waals surface area contributed by atoms with Crippen LogP contribution < -0.4 is 5.32 Å². The van der Waals surface area contributed by atoms with Crippen LogP contribution >= 0.6 is 0 Å². The Balaban J connectivity index is 2.53. The Hall–Kier alpha value is -1.06. The van der Waals surface area contributed by atoms with Crippen LogP contribution in [0.2, 0.25) is 0 Å². The van der Waals surface area contributed by atoms with Crippen molar-refractivity contribution in [1.82, 2.24) is 5.32 Å². The second-order valence-electron chi connectivity index (χ2n) is 7.39. The summed E-state index contributed by atoms with van der Waals surface area (Å²) in [5.41, 5.74) is -0.685. The van der Waals surface area contributed by atoms with E-state index in [2.05, 4.69) is 33.0 Å². The molecule has 0 aromatic rings. The quantitative estimate of drug-likeness (QED) is 0.814. The third kappa shape index (κ3) is 4.50. The zero-order chi connectivity index (χ0) is 15.4. The topological polar surface area (TPSA) is 66.4 Å². The first-order chi connectivity index (χ1) is 9.17. The molecule has 1 atom stereocenters. The molecule has 0 aromatic heterocycles. The van der Waals surface area contributed by atoms with Crippen LogP contribution in [0.15, 0.2) is 0 Å². The molecule has 0 bridgehead atoms. The molecule has 4 nitrogen and oxygen atoms in total. The predicted octanol–water partition coefficient (Wildman–Crippen LogP) is 3.21. The first-order valence-electron chi connectivity index (χ1n) is 7.67. The van der Waals surface area contributed by atoms with E-state index in [0.717, 1.165) is 19.3 Å². The fourth-order valence-corrected chi connectivity index (χ4v) is 2.64. The summed E-state index contributed by atoms with van der Waals surface area (Å²) < 4.78 is 0. The van der Waals surface area contributed by atoms with Gasteiger partial charge in [-0.05, 0) is 24.2 Å². The number of rotatable bonds is 5. The van der Waals surface area contributed by atoms with Gasteiger partial charge in [0.15, 0.2) is 0 Å². The summed E-state index contributed by atoms with van der Waals surface area (Å²) in [6.07, 6.45) is 4.29. The molecule has 1 aliphatic rings.